The number of nitrogens with one attached hydrogen (secondary N) is 1. The number of nitrogens with zero attached hydrogens (tertiary/aromatic N) is 4. The van der Waals surface area contributed by atoms with E-state index < -0.39 is 0 Å². The van der Waals surface area contributed by atoms with E-state index in [-0.39, 0.29) is 0 Å². The van der Waals surface area contributed by atoms with E-state index in [0.29, 0.717) is 18.2 Å². The van der Waals surface area contributed by atoms with E-state index in [0.717, 1.165) is 11.4 Å². The molecule has 0 saturated heterocycles. The maximum atomic E-state index is 5.32. The average molecular weight is 218 g/mol. The molecule has 2 aromatic rings. The van der Waals surface area contributed by atoms with Crippen molar-refractivity contribution < 1.29 is 0 Å². The Bertz CT molecular complexity index is 490. The van der Waals surface area contributed by atoms with Gasteiger partial charge in [0, 0.05) is 18.0 Å². The molecule has 6 heteroatoms. The normalized spacial score (nSPS) is 10.4. The molecule has 0 amide bonds. The molecular formula is C10H14N6. The number of hydrogen-bond donors (Lipinski definition) is 2. The summed E-state index contributed by atoms with van der Waals surface area (Å²) in [5.41, 5.74) is 4.37. The lowest BCUT2D eigenvalue weighted by Gasteiger charge is -2.05. The second kappa shape index (κ2) is 4.28. The SMILES string of the molecule is Cc1cc(NN)nc(Cn2ccc(C)n2)n1. The first-order chi connectivity index (χ1) is 7.67. The van der Waals surface area contributed by atoms with E-state index in [4.69, 9.17) is 5.84 Å². The highest BCUT2D eigenvalue weighted by Gasteiger charge is 2.03. The molecule has 0 atom stereocenters. The molecule has 2 aromatic heterocycles. The molecule has 84 valence electrons. The van der Waals surface area contributed by atoms with Crippen LogP contribution in [-0.2, 0) is 6.54 Å². The number of rotatable bonds is 3. The third-order valence-corrected chi connectivity index (χ3v) is 2.13. The third-order valence-electron chi connectivity index (χ3n) is 2.13. The molecular weight excluding hydrogens is 204 g/mol. The zero-order chi connectivity index (χ0) is 11.5. The Labute approximate surface area is 93.5 Å². The molecule has 6 nitrogen and oxygen atoms in total. The van der Waals surface area contributed by atoms with Gasteiger partial charge in [-0.3, -0.25) is 4.68 Å². The van der Waals surface area contributed by atoms with Crippen molar-refractivity contribution in [3.63, 3.8) is 0 Å². The number of anilines is 1. The van der Waals surface area contributed by atoms with Crippen molar-refractivity contribution in [2.45, 2.75) is 20.4 Å². The van der Waals surface area contributed by atoms with Crippen molar-refractivity contribution in [2.24, 2.45) is 5.84 Å². The molecule has 0 aliphatic rings. The predicted octanol–water partition coefficient (Wildman–Crippen LogP) is 0.624. The van der Waals surface area contributed by atoms with Crippen LogP contribution in [0, 0.1) is 13.8 Å². The Balaban J connectivity index is 2.24. The van der Waals surface area contributed by atoms with Crippen LogP contribution in [0.15, 0.2) is 18.3 Å². The molecule has 0 spiro atoms. The van der Waals surface area contributed by atoms with Gasteiger partial charge in [0.15, 0.2) is 5.82 Å². The molecule has 0 unspecified atom stereocenters. The second-order valence-electron chi connectivity index (χ2n) is 3.61. The summed E-state index contributed by atoms with van der Waals surface area (Å²) in [5, 5.41) is 4.28. The van der Waals surface area contributed by atoms with Crippen LogP contribution in [0.5, 0.6) is 0 Å². The van der Waals surface area contributed by atoms with Gasteiger partial charge in [-0.1, -0.05) is 0 Å². The minimum absolute atomic E-state index is 0.546. The first-order valence-electron chi connectivity index (χ1n) is 4.98. The van der Waals surface area contributed by atoms with Crippen molar-refractivity contribution in [2.75, 3.05) is 5.43 Å². The van der Waals surface area contributed by atoms with Gasteiger partial charge in [0.2, 0.25) is 0 Å². The summed E-state index contributed by atoms with van der Waals surface area (Å²) in [6, 6.07) is 3.73. The van der Waals surface area contributed by atoms with Crippen LogP contribution in [0.2, 0.25) is 0 Å². The number of hydrogen-bond acceptors (Lipinski definition) is 5. The maximum absolute atomic E-state index is 5.32. The van der Waals surface area contributed by atoms with Crippen molar-refractivity contribution in [1.82, 2.24) is 19.7 Å². The predicted molar refractivity (Wildman–Crippen MR) is 60.6 cm³/mol. The molecule has 0 saturated carbocycles. The lowest BCUT2D eigenvalue weighted by molar-refractivity contribution is 0.647. The summed E-state index contributed by atoms with van der Waals surface area (Å²) in [4.78, 5) is 8.57. The van der Waals surface area contributed by atoms with Crippen molar-refractivity contribution in [1.29, 1.82) is 0 Å². The smallest absolute Gasteiger partial charge is 0.152 e. The molecule has 2 rings (SSSR count). The fourth-order valence-corrected chi connectivity index (χ4v) is 1.47. The minimum Gasteiger partial charge on any atom is -0.308 e. The molecule has 2 heterocycles. The number of aryl methyl sites for hydroxylation is 2. The van der Waals surface area contributed by atoms with Gasteiger partial charge in [-0.05, 0) is 19.9 Å². The number of hydrazine groups is 1. The van der Waals surface area contributed by atoms with E-state index in [9.17, 15) is 0 Å². The van der Waals surface area contributed by atoms with Gasteiger partial charge in [0.25, 0.3) is 0 Å². The van der Waals surface area contributed by atoms with E-state index in [1.807, 2.05) is 26.1 Å². The molecule has 0 aliphatic carbocycles. The Hall–Kier alpha value is -1.95. The van der Waals surface area contributed by atoms with Crippen molar-refractivity contribution >= 4 is 5.82 Å². The highest BCUT2D eigenvalue weighted by molar-refractivity contribution is 5.33. The maximum Gasteiger partial charge on any atom is 0.152 e. The van der Waals surface area contributed by atoms with Gasteiger partial charge in [-0.25, -0.2) is 15.8 Å². The zero-order valence-corrected chi connectivity index (χ0v) is 9.31. The van der Waals surface area contributed by atoms with Crippen LogP contribution in [0.4, 0.5) is 5.82 Å². The molecule has 0 bridgehead atoms. The van der Waals surface area contributed by atoms with E-state index in [1.54, 1.807) is 10.7 Å². The van der Waals surface area contributed by atoms with Crippen LogP contribution in [0.3, 0.4) is 0 Å². The topological polar surface area (TPSA) is 81.6 Å². The van der Waals surface area contributed by atoms with Crippen LogP contribution in [0.25, 0.3) is 0 Å². The van der Waals surface area contributed by atoms with Crippen LogP contribution < -0.4 is 11.3 Å². The summed E-state index contributed by atoms with van der Waals surface area (Å²) in [6.07, 6.45) is 1.90. The standard InChI is InChI=1S/C10H14N6/c1-7-3-4-16(15-7)6-10-12-8(2)5-9(13-10)14-11/h3-5H,6,11H2,1-2H3,(H,12,13,14). The molecule has 0 radical (unpaired) electrons. The van der Waals surface area contributed by atoms with Gasteiger partial charge < -0.3 is 5.43 Å². The van der Waals surface area contributed by atoms with Gasteiger partial charge in [-0.2, -0.15) is 5.10 Å². The molecule has 0 fully saturated rings. The van der Waals surface area contributed by atoms with Crippen LogP contribution in [-0.4, -0.2) is 19.7 Å². The van der Waals surface area contributed by atoms with E-state index in [1.165, 1.54) is 0 Å². The van der Waals surface area contributed by atoms with Gasteiger partial charge in [0.1, 0.15) is 12.4 Å². The van der Waals surface area contributed by atoms with Crippen molar-refractivity contribution in [3.8, 4) is 0 Å². The summed E-state index contributed by atoms with van der Waals surface area (Å²) in [6.45, 7) is 4.39. The van der Waals surface area contributed by atoms with Crippen LogP contribution >= 0.6 is 0 Å². The average Bonchev–Trinajstić information content (AvgIpc) is 2.63. The molecule has 0 aliphatic heterocycles. The Kier molecular flexibility index (Phi) is 2.82. The second-order valence-corrected chi connectivity index (χ2v) is 3.61. The Morgan fingerprint density at radius 1 is 1.31 bits per heavy atom. The summed E-state index contributed by atoms with van der Waals surface area (Å²) in [5.74, 6) is 6.63. The Morgan fingerprint density at radius 3 is 2.75 bits per heavy atom. The molecule has 3 N–H and O–H groups in total. The summed E-state index contributed by atoms with van der Waals surface area (Å²) >= 11 is 0. The number of nitrogen functional groups attached to an aromatic ring is 1. The van der Waals surface area contributed by atoms with Gasteiger partial charge in [-0.15, -0.1) is 0 Å². The molecule has 0 aromatic carbocycles. The lowest BCUT2D eigenvalue weighted by atomic mass is 10.4. The Morgan fingerprint density at radius 2 is 2.12 bits per heavy atom. The highest BCUT2D eigenvalue weighted by atomic mass is 15.3. The minimum atomic E-state index is 0.546. The first kappa shape index (κ1) is 10.6. The summed E-state index contributed by atoms with van der Waals surface area (Å²) in [7, 11) is 0. The van der Waals surface area contributed by atoms with E-state index in [2.05, 4.69) is 20.5 Å². The fourth-order valence-electron chi connectivity index (χ4n) is 1.47. The monoisotopic (exact) mass is 218 g/mol. The van der Waals surface area contributed by atoms with Crippen LogP contribution in [0.1, 0.15) is 17.2 Å². The zero-order valence-electron chi connectivity index (χ0n) is 9.31. The van der Waals surface area contributed by atoms with Crippen molar-refractivity contribution in [3.05, 3.63) is 35.5 Å². The van der Waals surface area contributed by atoms with Gasteiger partial charge >= 0.3 is 0 Å². The summed E-state index contributed by atoms with van der Waals surface area (Å²) < 4.78 is 1.80. The quantitative estimate of drug-likeness (QED) is 0.583. The van der Waals surface area contributed by atoms with E-state index >= 15 is 0 Å². The molecule has 16 heavy (non-hydrogen) atoms. The highest BCUT2D eigenvalue weighted by Crippen LogP contribution is 2.06. The van der Waals surface area contributed by atoms with Gasteiger partial charge in [0.05, 0.1) is 5.69 Å². The number of aromatic nitrogens is 4. The lowest BCUT2D eigenvalue weighted by Crippen LogP contribution is -2.12. The number of nitrogens with two attached hydrogens (primary N) is 1. The largest absolute Gasteiger partial charge is 0.308 e. The third kappa shape index (κ3) is 2.34. The first-order valence-corrected chi connectivity index (χ1v) is 4.98. The fraction of sp³-hybridized carbons (Fsp3) is 0.300.